The molecule has 3 rings (SSSR count). The molecule has 0 aromatic heterocycles. The van der Waals surface area contributed by atoms with Crippen molar-refractivity contribution in [3.63, 3.8) is 0 Å². The molecule has 0 aromatic rings. The quantitative estimate of drug-likeness (QED) is 0.827. The van der Waals surface area contributed by atoms with Crippen molar-refractivity contribution >= 4 is 5.91 Å². The van der Waals surface area contributed by atoms with Crippen molar-refractivity contribution in [1.29, 1.82) is 0 Å². The van der Waals surface area contributed by atoms with Crippen LogP contribution in [0.5, 0.6) is 0 Å². The van der Waals surface area contributed by atoms with Crippen LogP contribution >= 0.6 is 0 Å². The highest BCUT2D eigenvalue weighted by Gasteiger charge is 2.48. The number of hydrogen-bond acceptors (Lipinski definition) is 3. The first kappa shape index (κ1) is 12.4. The van der Waals surface area contributed by atoms with Crippen LogP contribution in [0.15, 0.2) is 0 Å². The smallest absolute Gasteiger partial charge is 0.243 e. The van der Waals surface area contributed by atoms with E-state index in [0.29, 0.717) is 17.9 Å². The number of nitrogens with zero attached hydrogens (tertiary/aromatic N) is 1. The van der Waals surface area contributed by atoms with Crippen LogP contribution in [0.3, 0.4) is 0 Å². The average molecular weight is 252 g/mol. The molecule has 18 heavy (non-hydrogen) atoms. The maximum atomic E-state index is 12.5. The molecule has 2 aliphatic heterocycles. The predicted molar refractivity (Wildman–Crippen MR) is 69.1 cm³/mol. The predicted octanol–water partition coefficient (Wildman–Crippen LogP) is 1.50. The molecule has 1 amide bonds. The Morgan fingerprint density at radius 3 is 2.94 bits per heavy atom. The van der Waals surface area contributed by atoms with Gasteiger partial charge in [-0.3, -0.25) is 10.1 Å². The number of amides is 1. The standard InChI is InChI=1S/C14H24N2O2/c1-2-12-11(5-8-18-12)9-16-10-15-14(13(16)17)6-3-4-7-14/h11-12,15H,2-10H2,1H3. The molecule has 1 spiro atoms. The Balaban J connectivity index is 1.62. The van der Waals surface area contributed by atoms with E-state index in [0.717, 1.165) is 45.5 Å². The molecule has 2 saturated heterocycles. The molecule has 102 valence electrons. The van der Waals surface area contributed by atoms with E-state index in [1.807, 2.05) is 4.90 Å². The van der Waals surface area contributed by atoms with Crippen LogP contribution in [0, 0.1) is 5.92 Å². The fourth-order valence-corrected chi connectivity index (χ4v) is 3.85. The van der Waals surface area contributed by atoms with E-state index < -0.39 is 0 Å². The van der Waals surface area contributed by atoms with Gasteiger partial charge in [0, 0.05) is 19.1 Å². The second-order valence-corrected chi connectivity index (χ2v) is 6.02. The van der Waals surface area contributed by atoms with Crippen LogP contribution in [-0.2, 0) is 9.53 Å². The van der Waals surface area contributed by atoms with Gasteiger partial charge in [0.05, 0.1) is 18.3 Å². The first-order chi connectivity index (χ1) is 8.75. The van der Waals surface area contributed by atoms with Gasteiger partial charge >= 0.3 is 0 Å². The van der Waals surface area contributed by atoms with E-state index in [1.165, 1.54) is 12.8 Å². The Morgan fingerprint density at radius 2 is 2.22 bits per heavy atom. The topological polar surface area (TPSA) is 41.6 Å². The van der Waals surface area contributed by atoms with Crippen LogP contribution in [-0.4, -0.2) is 42.3 Å². The lowest BCUT2D eigenvalue weighted by Crippen LogP contribution is -2.44. The van der Waals surface area contributed by atoms with Crippen LogP contribution < -0.4 is 5.32 Å². The van der Waals surface area contributed by atoms with Crippen molar-refractivity contribution in [3.05, 3.63) is 0 Å². The number of hydrogen-bond donors (Lipinski definition) is 1. The fourth-order valence-electron chi connectivity index (χ4n) is 3.85. The molecular formula is C14H24N2O2. The van der Waals surface area contributed by atoms with Crippen LogP contribution in [0.4, 0.5) is 0 Å². The third kappa shape index (κ3) is 1.95. The number of rotatable bonds is 3. The van der Waals surface area contributed by atoms with Crippen molar-refractivity contribution in [2.75, 3.05) is 19.8 Å². The highest BCUT2D eigenvalue weighted by atomic mass is 16.5. The zero-order chi connectivity index (χ0) is 12.6. The molecule has 0 bridgehead atoms. The zero-order valence-electron chi connectivity index (χ0n) is 11.3. The van der Waals surface area contributed by atoms with E-state index in [-0.39, 0.29) is 5.54 Å². The minimum atomic E-state index is -0.193. The van der Waals surface area contributed by atoms with Crippen molar-refractivity contribution in [3.8, 4) is 0 Å². The molecule has 4 heteroatoms. The molecule has 2 atom stereocenters. The maximum Gasteiger partial charge on any atom is 0.243 e. The Morgan fingerprint density at radius 1 is 1.44 bits per heavy atom. The number of carbonyl (C=O) groups is 1. The summed E-state index contributed by atoms with van der Waals surface area (Å²) in [5.74, 6) is 0.888. The average Bonchev–Trinajstić information content (AvgIpc) is 3.08. The van der Waals surface area contributed by atoms with Gasteiger partial charge in [0.1, 0.15) is 0 Å². The van der Waals surface area contributed by atoms with E-state index in [4.69, 9.17) is 4.74 Å². The normalized spacial score (nSPS) is 34.9. The summed E-state index contributed by atoms with van der Waals surface area (Å²) in [7, 11) is 0. The number of nitrogens with one attached hydrogen (secondary N) is 1. The minimum absolute atomic E-state index is 0.193. The highest BCUT2D eigenvalue weighted by molar-refractivity contribution is 5.88. The molecular weight excluding hydrogens is 228 g/mol. The molecule has 0 radical (unpaired) electrons. The van der Waals surface area contributed by atoms with Crippen molar-refractivity contribution in [2.45, 2.75) is 57.1 Å². The summed E-state index contributed by atoms with van der Waals surface area (Å²) in [5, 5.41) is 3.47. The lowest BCUT2D eigenvalue weighted by atomic mass is 9.96. The van der Waals surface area contributed by atoms with Gasteiger partial charge in [-0.15, -0.1) is 0 Å². The molecule has 0 aromatic carbocycles. The van der Waals surface area contributed by atoms with E-state index in [1.54, 1.807) is 0 Å². The van der Waals surface area contributed by atoms with Crippen molar-refractivity contribution in [1.82, 2.24) is 10.2 Å². The van der Waals surface area contributed by atoms with Gasteiger partial charge in [0.15, 0.2) is 0 Å². The molecule has 3 fully saturated rings. The molecule has 1 N–H and O–H groups in total. The zero-order valence-corrected chi connectivity index (χ0v) is 11.3. The molecule has 2 heterocycles. The summed E-state index contributed by atoms with van der Waals surface area (Å²) >= 11 is 0. The third-order valence-corrected chi connectivity index (χ3v) is 4.97. The van der Waals surface area contributed by atoms with E-state index in [2.05, 4.69) is 12.2 Å². The van der Waals surface area contributed by atoms with Gasteiger partial charge in [-0.2, -0.15) is 0 Å². The van der Waals surface area contributed by atoms with Gasteiger partial charge in [-0.25, -0.2) is 0 Å². The highest BCUT2D eigenvalue weighted by Crippen LogP contribution is 2.35. The van der Waals surface area contributed by atoms with Gasteiger partial charge in [-0.05, 0) is 25.7 Å². The van der Waals surface area contributed by atoms with Gasteiger partial charge in [-0.1, -0.05) is 19.8 Å². The largest absolute Gasteiger partial charge is 0.378 e. The fraction of sp³-hybridized carbons (Fsp3) is 0.929. The van der Waals surface area contributed by atoms with Gasteiger partial charge in [0.2, 0.25) is 5.91 Å². The molecule has 3 aliphatic rings. The lowest BCUT2D eigenvalue weighted by Gasteiger charge is -2.25. The SMILES string of the molecule is CCC1OCCC1CN1CNC2(CCCC2)C1=O. The van der Waals surface area contributed by atoms with Gasteiger partial charge in [0.25, 0.3) is 0 Å². The van der Waals surface area contributed by atoms with Crippen LogP contribution in [0.1, 0.15) is 45.4 Å². The van der Waals surface area contributed by atoms with Crippen molar-refractivity contribution in [2.24, 2.45) is 5.92 Å². The van der Waals surface area contributed by atoms with Gasteiger partial charge < -0.3 is 9.64 Å². The summed E-state index contributed by atoms with van der Waals surface area (Å²) in [6.45, 7) is 4.66. The first-order valence-electron chi connectivity index (χ1n) is 7.41. The molecule has 1 saturated carbocycles. The molecule has 1 aliphatic carbocycles. The Labute approximate surface area is 109 Å². The lowest BCUT2D eigenvalue weighted by molar-refractivity contribution is -0.133. The first-order valence-corrected chi connectivity index (χ1v) is 7.41. The summed E-state index contributed by atoms with van der Waals surface area (Å²) in [5.41, 5.74) is -0.193. The van der Waals surface area contributed by atoms with Crippen molar-refractivity contribution < 1.29 is 9.53 Å². The number of ether oxygens (including phenoxy) is 1. The Kier molecular flexibility index (Phi) is 3.32. The summed E-state index contributed by atoms with van der Waals surface area (Å²) in [4.78, 5) is 14.6. The third-order valence-electron chi connectivity index (χ3n) is 4.97. The Hall–Kier alpha value is -0.610. The summed E-state index contributed by atoms with van der Waals surface area (Å²) in [6, 6.07) is 0. The Bertz CT molecular complexity index is 326. The molecule has 2 unspecified atom stereocenters. The minimum Gasteiger partial charge on any atom is -0.378 e. The maximum absolute atomic E-state index is 12.5. The van der Waals surface area contributed by atoms with E-state index >= 15 is 0 Å². The summed E-state index contributed by atoms with van der Waals surface area (Å²) in [6.07, 6.45) is 6.97. The van der Waals surface area contributed by atoms with Crippen LogP contribution in [0.2, 0.25) is 0 Å². The second kappa shape index (κ2) is 4.82. The monoisotopic (exact) mass is 252 g/mol. The van der Waals surface area contributed by atoms with E-state index in [9.17, 15) is 4.79 Å². The number of carbonyl (C=O) groups excluding carboxylic acids is 1. The molecule has 4 nitrogen and oxygen atoms in total. The summed E-state index contributed by atoms with van der Waals surface area (Å²) < 4.78 is 5.72. The second-order valence-electron chi connectivity index (χ2n) is 6.02. The van der Waals surface area contributed by atoms with Crippen LogP contribution in [0.25, 0.3) is 0 Å².